The van der Waals surface area contributed by atoms with Gasteiger partial charge in [0.05, 0.1) is 18.8 Å². The van der Waals surface area contributed by atoms with Gasteiger partial charge in [-0.2, -0.15) is 0 Å². The van der Waals surface area contributed by atoms with E-state index in [1.165, 1.54) is 13.2 Å². The molecule has 1 heterocycles. The van der Waals surface area contributed by atoms with Gasteiger partial charge in [0, 0.05) is 18.9 Å². The second kappa shape index (κ2) is 6.87. The molecule has 1 aliphatic carbocycles. The fourth-order valence-electron chi connectivity index (χ4n) is 3.04. The summed E-state index contributed by atoms with van der Waals surface area (Å²) in [5.74, 6) is 1.03. The van der Waals surface area contributed by atoms with E-state index in [0.717, 1.165) is 5.56 Å². The molecule has 3 rings (SSSR count). The summed E-state index contributed by atoms with van der Waals surface area (Å²) in [6, 6.07) is 6.33. The number of rotatable bonds is 4. The molecule has 3 atom stereocenters. The Morgan fingerprint density at radius 1 is 1.20 bits per heavy atom. The number of hydrogen-bond donors (Lipinski definition) is 4. The van der Waals surface area contributed by atoms with E-state index in [9.17, 15) is 25.2 Å². The first kappa shape index (κ1) is 17.5. The molecule has 1 aliphatic rings. The van der Waals surface area contributed by atoms with Crippen molar-refractivity contribution < 1.29 is 29.6 Å². The first-order valence-corrected chi connectivity index (χ1v) is 7.96. The number of aromatic hydroxyl groups is 1. The minimum Gasteiger partial charge on any atom is -0.504 e. The van der Waals surface area contributed by atoms with Crippen LogP contribution < -0.4 is 10.2 Å². The zero-order chi connectivity index (χ0) is 18.1. The van der Waals surface area contributed by atoms with Crippen molar-refractivity contribution in [3.63, 3.8) is 0 Å². The highest BCUT2D eigenvalue weighted by molar-refractivity contribution is 5.41. The lowest BCUT2D eigenvalue weighted by atomic mass is 9.89. The minimum atomic E-state index is -1.46. The van der Waals surface area contributed by atoms with Crippen molar-refractivity contribution >= 4 is 0 Å². The van der Waals surface area contributed by atoms with Gasteiger partial charge in [0.25, 0.3) is 0 Å². The highest BCUT2D eigenvalue weighted by Crippen LogP contribution is 2.29. The maximum absolute atomic E-state index is 12.2. The minimum absolute atomic E-state index is 0.00337. The van der Waals surface area contributed by atoms with Gasteiger partial charge in [0.15, 0.2) is 16.9 Å². The van der Waals surface area contributed by atoms with Gasteiger partial charge in [0.1, 0.15) is 23.7 Å². The number of fused-ring (bicyclic) bond motifs is 1. The maximum atomic E-state index is 12.2. The summed E-state index contributed by atoms with van der Waals surface area (Å²) in [5.41, 5.74) is 0.421. The summed E-state index contributed by atoms with van der Waals surface area (Å²) in [5, 5.41) is 39.2. The van der Waals surface area contributed by atoms with Crippen molar-refractivity contribution in [2.75, 3.05) is 7.11 Å². The quantitative estimate of drug-likeness (QED) is 0.633. The fraction of sp³-hybridized carbons (Fsp3) is 0.389. The van der Waals surface area contributed by atoms with Gasteiger partial charge in [-0.05, 0) is 24.1 Å². The van der Waals surface area contributed by atoms with E-state index in [4.69, 9.17) is 9.15 Å². The molecule has 0 fully saturated rings. The van der Waals surface area contributed by atoms with Crippen molar-refractivity contribution in [1.29, 1.82) is 0 Å². The van der Waals surface area contributed by atoms with Crippen molar-refractivity contribution in [3.8, 4) is 11.5 Å². The van der Waals surface area contributed by atoms with Crippen molar-refractivity contribution in [1.82, 2.24) is 0 Å². The molecule has 0 radical (unpaired) electrons. The summed E-state index contributed by atoms with van der Waals surface area (Å²) in [4.78, 5) is 12.2. The highest BCUT2D eigenvalue weighted by Gasteiger charge is 2.36. The van der Waals surface area contributed by atoms with Gasteiger partial charge in [-0.3, -0.25) is 4.79 Å². The van der Waals surface area contributed by atoms with Crippen molar-refractivity contribution in [2.24, 2.45) is 0 Å². The summed E-state index contributed by atoms with van der Waals surface area (Å²) >= 11 is 0. The van der Waals surface area contributed by atoms with Gasteiger partial charge in [-0.1, -0.05) is 6.07 Å². The summed E-state index contributed by atoms with van der Waals surface area (Å²) < 4.78 is 10.6. The van der Waals surface area contributed by atoms with E-state index >= 15 is 0 Å². The van der Waals surface area contributed by atoms with Crippen LogP contribution >= 0.6 is 0 Å². The second-order valence-electron chi connectivity index (χ2n) is 6.13. The van der Waals surface area contributed by atoms with Crippen LogP contribution in [0.3, 0.4) is 0 Å². The molecule has 0 saturated carbocycles. The van der Waals surface area contributed by atoms with Gasteiger partial charge in [-0.25, -0.2) is 0 Å². The van der Waals surface area contributed by atoms with Crippen LogP contribution in [0, 0.1) is 0 Å². The first-order chi connectivity index (χ1) is 11.9. The summed E-state index contributed by atoms with van der Waals surface area (Å²) in [7, 11) is 1.47. The summed E-state index contributed by atoms with van der Waals surface area (Å²) in [6.45, 7) is 0. The number of methoxy groups -OCH3 is 1. The Morgan fingerprint density at radius 3 is 2.64 bits per heavy atom. The van der Waals surface area contributed by atoms with E-state index < -0.39 is 23.7 Å². The highest BCUT2D eigenvalue weighted by atomic mass is 16.5. The predicted molar refractivity (Wildman–Crippen MR) is 87.7 cm³/mol. The first-order valence-electron chi connectivity index (χ1n) is 7.96. The lowest BCUT2D eigenvalue weighted by molar-refractivity contribution is -0.0732. The number of ether oxygens (including phenoxy) is 1. The molecule has 0 spiro atoms. The zero-order valence-electron chi connectivity index (χ0n) is 13.7. The number of phenolic OH excluding ortho intramolecular Hbond substituents is 1. The Morgan fingerprint density at radius 2 is 1.96 bits per heavy atom. The van der Waals surface area contributed by atoms with Crippen LogP contribution in [0.15, 0.2) is 33.5 Å². The van der Waals surface area contributed by atoms with E-state index in [2.05, 4.69) is 0 Å². The Labute approximate surface area is 143 Å². The standard InChI is InChI=1S/C18H20O7/c1-24-14-5-3-9(6-11(14)19)2-4-10-7-12(20)16-15(25-10)8-13(21)17(22)18(16)23/h3,5-7,13,17-19,21-23H,2,4,8H2,1H3/t13-,17+,18-/m1/s1. The smallest absolute Gasteiger partial charge is 0.191 e. The number of aryl methyl sites for hydroxylation is 2. The van der Waals surface area contributed by atoms with Crippen LogP contribution in [-0.4, -0.2) is 39.7 Å². The molecule has 7 nitrogen and oxygen atoms in total. The van der Waals surface area contributed by atoms with Crippen LogP contribution in [0.2, 0.25) is 0 Å². The van der Waals surface area contributed by atoms with Crippen molar-refractivity contribution in [2.45, 2.75) is 37.6 Å². The number of phenols is 1. The van der Waals surface area contributed by atoms with Crippen LogP contribution in [0.4, 0.5) is 0 Å². The van der Waals surface area contributed by atoms with E-state index in [0.29, 0.717) is 24.4 Å². The molecule has 7 heteroatoms. The largest absolute Gasteiger partial charge is 0.504 e. The monoisotopic (exact) mass is 348 g/mol. The van der Waals surface area contributed by atoms with Crippen LogP contribution in [0.1, 0.15) is 28.8 Å². The molecular weight excluding hydrogens is 328 g/mol. The molecule has 0 saturated heterocycles. The van der Waals surface area contributed by atoms with Crippen LogP contribution in [0.25, 0.3) is 0 Å². The fourth-order valence-corrected chi connectivity index (χ4v) is 3.04. The maximum Gasteiger partial charge on any atom is 0.191 e. The third-order valence-corrected chi connectivity index (χ3v) is 4.42. The molecule has 1 aromatic heterocycles. The van der Waals surface area contributed by atoms with E-state index in [1.807, 2.05) is 0 Å². The third-order valence-electron chi connectivity index (χ3n) is 4.42. The number of benzene rings is 1. The molecule has 1 aromatic carbocycles. The van der Waals surface area contributed by atoms with Gasteiger partial charge in [-0.15, -0.1) is 0 Å². The Bertz CT molecular complexity index is 827. The Balaban J connectivity index is 1.81. The van der Waals surface area contributed by atoms with Crippen molar-refractivity contribution in [3.05, 3.63) is 57.1 Å². The summed E-state index contributed by atoms with van der Waals surface area (Å²) in [6.07, 6.45) is -3.14. The van der Waals surface area contributed by atoms with E-state index in [-0.39, 0.29) is 23.5 Å². The van der Waals surface area contributed by atoms with Gasteiger partial charge < -0.3 is 29.6 Å². The SMILES string of the molecule is COc1ccc(CCc2cc(=O)c3c(o2)C[C@@H](O)[C@H](O)[C@@H]3O)cc1O. The molecular formula is C18H20O7. The van der Waals surface area contributed by atoms with Crippen LogP contribution in [0.5, 0.6) is 11.5 Å². The van der Waals surface area contributed by atoms with Gasteiger partial charge >= 0.3 is 0 Å². The second-order valence-corrected chi connectivity index (χ2v) is 6.13. The van der Waals surface area contributed by atoms with E-state index in [1.54, 1.807) is 18.2 Å². The molecule has 134 valence electrons. The molecule has 4 N–H and O–H groups in total. The topological polar surface area (TPSA) is 120 Å². The van der Waals surface area contributed by atoms with Gasteiger partial charge in [0.2, 0.25) is 0 Å². The number of aliphatic hydroxyl groups excluding tert-OH is 3. The Kier molecular flexibility index (Phi) is 4.80. The molecule has 2 aromatic rings. The van der Waals surface area contributed by atoms with Crippen LogP contribution in [-0.2, 0) is 19.3 Å². The lowest BCUT2D eigenvalue weighted by Crippen LogP contribution is -2.41. The normalized spacial score (nSPS) is 22.5. The lowest BCUT2D eigenvalue weighted by Gasteiger charge is -2.29. The third kappa shape index (κ3) is 3.39. The molecule has 25 heavy (non-hydrogen) atoms. The Hall–Kier alpha value is -2.35. The molecule has 0 bridgehead atoms. The number of hydrogen-bond acceptors (Lipinski definition) is 7. The predicted octanol–water partition coefficient (Wildman–Crippen LogP) is 0.450. The number of aliphatic hydroxyl groups is 3. The zero-order valence-corrected chi connectivity index (χ0v) is 13.7. The molecule has 0 aliphatic heterocycles. The molecule has 0 amide bonds. The average Bonchev–Trinajstić information content (AvgIpc) is 2.57. The average molecular weight is 348 g/mol. The molecule has 0 unspecified atom stereocenters.